The molecule has 1 aromatic carbocycles. The summed E-state index contributed by atoms with van der Waals surface area (Å²) in [6.45, 7) is 0.646. The molecule has 0 fully saturated rings. The average molecular weight is 376 g/mol. The number of hydrogen-bond donors (Lipinski definition) is 1. The quantitative estimate of drug-likeness (QED) is 0.892. The Morgan fingerprint density at radius 3 is 2.72 bits per heavy atom. The number of aromatic nitrogens is 3. The Morgan fingerprint density at radius 1 is 1.33 bits per heavy atom. The smallest absolute Gasteiger partial charge is 0.135 e. The van der Waals surface area contributed by atoms with Gasteiger partial charge < -0.3 is 10.1 Å². The van der Waals surface area contributed by atoms with Gasteiger partial charge in [0.05, 0.1) is 35.7 Å². The molecule has 5 nitrogen and oxygen atoms in total. The van der Waals surface area contributed by atoms with Crippen LogP contribution in [0.15, 0.2) is 27.3 Å². The van der Waals surface area contributed by atoms with Crippen LogP contribution in [0.1, 0.15) is 5.69 Å². The third-order valence-electron chi connectivity index (χ3n) is 2.51. The summed E-state index contributed by atoms with van der Waals surface area (Å²) >= 11 is 6.94. The Labute approximate surface area is 122 Å². The van der Waals surface area contributed by atoms with E-state index >= 15 is 0 Å². The largest absolute Gasteiger partial charge is 0.495 e. The van der Waals surface area contributed by atoms with E-state index in [0.29, 0.717) is 6.54 Å². The fraction of sp³-hybridized carbons (Fsp3) is 0.273. The van der Waals surface area contributed by atoms with Gasteiger partial charge in [-0.25, -0.2) is 0 Å². The lowest BCUT2D eigenvalue weighted by Gasteiger charge is -2.11. The second-order valence-electron chi connectivity index (χ2n) is 3.67. The molecule has 0 unspecified atom stereocenters. The van der Waals surface area contributed by atoms with E-state index in [4.69, 9.17) is 4.74 Å². The van der Waals surface area contributed by atoms with Gasteiger partial charge in [0.1, 0.15) is 5.75 Å². The van der Waals surface area contributed by atoms with Gasteiger partial charge in [-0.05, 0) is 37.9 Å². The van der Waals surface area contributed by atoms with Gasteiger partial charge in [-0.3, -0.25) is 4.68 Å². The molecule has 0 amide bonds. The van der Waals surface area contributed by atoms with E-state index in [1.165, 1.54) is 0 Å². The van der Waals surface area contributed by atoms with Crippen molar-refractivity contribution in [3.63, 3.8) is 0 Å². The zero-order chi connectivity index (χ0) is 13.1. The third-order valence-corrected chi connectivity index (χ3v) is 3.79. The van der Waals surface area contributed by atoms with Gasteiger partial charge in [-0.15, -0.1) is 5.10 Å². The van der Waals surface area contributed by atoms with Crippen molar-refractivity contribution in [2.45, 2.75) is 6.54 Å². The van der Waals surface area contributed by atoms with Crippen LogP contribution < -0.4 is 10.1 Å². The van der Waals surface area contributed by atoms with Gasteiger partial charge in [0.2, 0.25) is 0 Å². The average Bonchev–Trinajstić information content (AvgIpc) is 2.74. The maximum absolute atomic E-state index is 5.26. The predicted octanol–water partition coefficient (Wildman–Crippen LogP) is 2.96. The summed E-state index contributed by atoms with van der Waals surface area (Å²) in [5.41, 5.74) is 1.96. The van der Waals surface area contributed by atoms with Crippen LogP contribution in [0.5, 0.6) is 5.75 Å². The molecule has 0 aliphatic carbocycles. The number of hydrogen-bond acceptors (Lipinski definition) is 4. The van der Waals surface area contributed by atoms with E-state index in [-0.39, 0.29) is 0 Å². The minimum atomic E-state index is 0.646. The van der Waals surface area contributed by atoms with Gasteiger partial charge in [0.15, 0.2) is 0 Å². The highest BCUT2D eigenvalue weighted by molar-refractivity contribution is 9.11. The second-order valence-corrected chi connectivity index (χ2v) is 5.38. The van der Waals surface area contributed by atoms with E-state index in [1.54, 1.807) is 18.0 Å². The van der Waals surface area contributed by atoms with Crippen molar-refractivity contribution in [1.29, 1.82) is 0 Å². The Balaban J connectivity index is 2.16. The number of halogens is 2. The summed E-state index contributed by atoms with van der Waals surface area (Å²) in [6.07, 6.45) is 1.73. The van der Waals surface area contributed by atoms with E-state index in [2.05, 4.69) is 47.5 Å². The number of anilines is 1. The van der Waals surface area contributed by atoms with Crippen molar-refractivity contribution in [3.8, 4) is 5.75 Å². The number of nitrogens with zero attached hydrogens (tertiary/aromatic N) is 3. The Morgan fingerprint density at radius 2 is 2.11 bits per heavy atom. The number of rotatable bonds is 4. The zero-order valence-corrected chi connectivity index (χ0v) is 13.1. The summed E-state index contributed by atoms with van der Waals surface area (Å²) in [5.74, 6) is 0.781. The molecule has 0 saturated heterocycles. The molecule has 0 saturated carbocycles. The molecule has 1 heterocycles. The first-order valence-corrected chi connectivity index (χ1v) is 6.81. The van der Waals surface area contributed by atoms with E-state index in [9.17, 15) is 0 Å². The highest BCUT2D eigenvalue weighted by Gasteiger charge is 2.08. The van der Waals surface area contributed by atoms with Crippen LogP contribution in [-0.2, 0) is 13.6 Å². The number of ether oxygens (including phenoxy) is 1. The van der Waals surface area contributed by atoms with Crippen molar-refractivity contribution < 1.29 is 4.74 Å². The third kappa shape index (κ3) is 2.84. The molecular weight excluding hydrogens is 364 g/mol. The zero-order valence-electron chi connectivity index (χ0n) is 9.94. The normalized spacial score (nSPS) is 10.4. The van der Waals surface area contributed by atoms with Crippen molar-refractivity contribution in [2.75, 3.05) is 12.4 Å². The van der Waals surface area contributed by atoms with Crippen LogP contribution in [0.3, 0.4) is 0 Å². The highest BCUT2D eigenvalue weighted by atomic mass is 79.9. The lowest BCUT2D eigenvalue weighted by molar-refractivity contribution is 0.412. The molecule has 0 aliphatic rings. The second kappa shape index (κ2) is 5.71. The SMILES string of the molecule is COc1cc(NCc2cnnn2C)c(Br)cc1Br. The summed E-state index contributed by atoms with van der Waals surface area (Å²) in [4.78, 5) is 0. The first kappa shape index (κ1) is 13.4. The summed E-state index contributed by atoms with van der Waals surface area (Å²) in [5, 5.41) is 11.0. The van der Waals surface area contributed by atoms with Crippen molar-refractivity contribution in [1.82, 2.24) is 15.0 Å². The van der Waals surface area contributed by atoms with Gasteiger partial charge in [0, 0.05) is 17.6 Å². The molecule has 2 aromatic rings. The molecule has 1 N–H and O–H groups in total. The van der Waals surface area contributed by atoms with Crippen molar-refractivity contribution in [3.05, 3.63) is 33.0 Å². The maximum Gasteiger partial charge on any atom is 0.135 e. The standard InChI is InChI=1S/C11H12Br2N4O/c1-17-7(6-15-16-17)5-14-10-4-11(18-2)9(13)3-8(10)12/h3-4,6,14H,5H2,1-2H3. The molecule has 0 radical (unpaired) electrons. The molecule has 2 rings (SSSR count). The maximum atomic E-state index is 5.26. The van der Waals surface area contributed by atoms with Crippen molar-refractivity contribution >= 4 is 37.5 Å². The number of methoxy groups -OCH3 is 1. The molecule has 0 aliphatic heterocycles. The Kier molecular flexibility index (Phi) is 4.23. The summed E-state index contributed by atoms with van der Waals surface area (Å²) in [6, 6.07) is 3.88. The Bertz CT molecular complexity index is 556. The lowest BCUT2D eigenvalue weighted by Crippen LogP contribution is -2.06. The number of aryl methyl sites for hydroxylation is 1. The topological polar surface area (TPSA) is 52.0 Å². The monoisotopic (exact) mass is 374 g/mol. The number of nitrogens with one attached hydrogen (secondary N) is 1. The molecule has 1 aromatic heterocycles. The first-order chi connectivity index (χ1) is 8.61. The van der Waals surface area contributed by atoms with Crippen molar-refractivity contribution in [2.24, 2.45) is 7.05 Å². The van der Waals surface area contributed by atoms with E-state index < -0.39 is 0 Å². The minimum absolute atomic E-state index is 0.646. The summed E-state index contributed by atoms with van der Waals surface area (Å²) in [7, 11) is 3.50. The molecule has 0 spiro atoms. The first-order valence-electron chi connectivity index (χ1n) is 5.22. The predicted molar refractivity (Wildman–Crippen MR) is 76.7 cm³/mol. The molecule has 0 atom stereocenters. The molecule has 18 heavy (non-hydrogen) atoms. The van der Waals surface area contributed by atoms with Gasteiger partial charge in [-0.2, -0.15) is 0 Å². The van der Waals surface area contributed by atoms with Gasteiger partial charge in [-0.1, -0.05) is 5.21 Å². The fourth-order valence-corrected chi connectivity index (χ4v) is 2.77. The number of benzene rings is 1. The molecular formula is C11H12Br2N4O. The fourth-order valence-electron chi connectivity index (χ4n) is 1.48. The summed E-state index contributed by atoms with van der Waals surface area (Å²) < 4.78 is 8.87. The van der Waals surface area contributed by atoms with E-state index in [1.807, 2.05) is 19.2 Å². The molecule has 96 valence electrons. The minimum Gasteiger partial charge on any atom is -0.495 e. The van der Waals surface area contributed by atoms with Gasteiger partial charge >= 0.3 is 0 Å². The van der Waals surface area contributed by atoms with Crippen LogP contribution >= 0.6 is 31.9 Å². The Hall–Kier alpha value is -1.08. The van der Waals surface area contributed by atoms with E-state index in [0.717, 1.165) is 26.1 Å². The lowest BCUT2D eigenvalue weighted by atomic mass is 10.3. The van der Waals surface area contributed by atoms with Crippen LogP contribution in [0.4, 0.5) is 5.69 Å². The van der Waals surface area contributed by atoms with Crippen LogP contribution in [0, 0.1) is 0 Å². The van der Waals surface area contributed by atoms with Crippen LogP contribution in [-0.4, -0.2) is 22.1 Å². The van der Waals surface area contributed by atoms with Crippen LogP contribution in [0.25, 0.3) is 0 Å². The van der Waals surface area contributed by atoms with Crippen LogP contribution in [0.2, 0.25) is 0 Å². The molecule has 7 heteroatoms. The molecule has 0 bridgehead atoms. The highest BCUT2D eigenvalue weighted by Crippen LogP contribution is 2.34. The van der Waals surface area contributed by atoms with Gasteiger partial charge in [0.25, 0.3) is 0 Å².